The molecule has 0 aromatic carbocycles. The van der Waals surface area contributed by atoms with Gasteiger partial charge in [-0.1, -0.05) is 0 Å². The molecular formula is C24H36F2N8O8P2. The lowest BCUT2D eigenvalue weighted by Gasteiger charge is -2.19. The van der Waals surface area contributed by atoms with Gasteiger partial charge in [0.25, 0.3) is 0 Å². The number of nitrogen functional groups attached to an aromatic ring is 2. The zero-order valence-electron chi connectivity index (χ0n) is 24.5. The Hall–Kier alpha value is -3.08. The molecule has 4 aromatic rings. The maximum absolute atomic E-state index is 13.3. The molecule has 4 aromatic heterocycles. The lowest BCUT2D eigenvalue weighted by atomic mass is 10.2. The maximum Gasteiger partial charge on any atom is 0.356 e. The van der Waals surface area contributed by atoms with E-state index < -0.39 is 39.8 Å². The van der Waals surface area contributed by atoms with E-state index in [1.807, 2.05) is 6.92 Å². The summed E-state index contributed by atoms with van der Waals surface area (Å²) < 4.78 is 73.2. The molecule has 0 aliphatic heterocycles. The van der Waals surface area contributed by atoms with Crippen molar-refractivity contribution < 1.29 is 46.2 Å². The number of ether oxygens (including phenoxy) is 2. The van der Waals surface area contributed by atoms with Crippen molar-refractivity contribution in [3.05, 3.63) is 47.8 Å². The second kappa shape index (κ2) is 15.3. The molecule has 2 atom stereocenters. The molecule has 0 aliphatic carbocycles. The second-order valence-electron chi connectivity index (χ2n) is 9.51. The van der Waals surface area contributed by atoms with Crippen LogP contribution in [0.25, 0.3) is 11.0 Å². The van der Waals surface area contributed by atoms with E-state index in [-0.39, 0.29) is 37.3 Å². The van der Waals surface area contributed by atoms with Gasteiger partial charge in [0.15, 0.2) is 11.6 Å². The van der Waals surface area contributed by atoms with Crippen molar-refractivity contribution in [3.8, 4) is 0 Å². The number of anilines is 2. The van der Waals surface area contributed by atoms with Gasteiger partial charge in [-0.15, -0.1) is 10.2 Å². The van der Waals surface area contributed by atoms with Gasteiger partial charge in [-0.3, -0.25) is 9.13 Å². The van der Waals surface area contributed by atoms with E-state index in [0.29, 0.717) is 35.3 Å². The lowest BCUT2D eigenvalue weighted by molar-refractivity contribution is 0.0769. The van der Waals surface area contributed by atoms with Gasteiger partial charge in [0.1, 0.15) is 23.7 Å². The normalized spacial score (nSPS) is 13.6. The highest BCUT2D eigenvalue weighted by atomic mass is 31.2. The Morgan fingerprint density at radius 3 is 1.59 bits per heavy atom. The quantitative estimate of drug-likeness (QED) is 0.142. The first kappa shape index (κ1) is 35.4. The summed E-state index contributed by atoms with van der Waals surface area (Å²) in [4.78, 5) is 24.4. The zero-order valence-corrected chi connectivity index (χ0v) is 26.3. The first-order chi connectivity index (χ1) is 20.6. The molecule has 0 amide bonds. The molecule has 244 valence electrons. The number of fused-ring (bicyclic) bond motifs is 2. The molecular weight excluding hydrogens is 628 g/mol. The van der Waals surface area contributed by atoms with Gasteiger partial charge in [0.05, 0.1) is 25.4 Å². The maximum atomic E-state index is 13.3. The van der Waals surface area contributed by atoms with Crippen LogP contribution in [0, 0.1) is 12.2 Å². The van der Waals surface area contributed by atoms with Crippen LogP contribution in [0.4, 0.5) is 20.4 Å². The molecule has 20 heteroatoms. The number of hydrogen-bond donors (Lipinski definition) is 4. The monoisotopic (exact) mass is 664 g/mol. The van der Waals surface area contributed by atoms with Crippen LogP contribution in [-0.2, 0) is 40.5 Å². The predicted octanol–water partition coefficient (Wildman–Crippen LogP) is 3.16. The van der Waals surface area contributed by atoms with E-state index in [4.69, 9.17) is 39.8 Å². The largest absolute Gasteiger partial charge is 0.382 e. The van der Waals surface area contributed by atoms with Crippen molar-refractivity contribution in [1.29, 1.82) is 0 Å². The summed E-state index contributed by atoms with van der Waals surface area (Å²) in [5.74, 6) is 0.0899. The molecule has 4 heterocycles. The van der Waals surface area contributed by atoms with Crippen LogP contribution in [0.1, 0.15) is 39.1 Å². The molecule has 0 radical (unpaired) electrons. The Kier molecular flexibility index (Phi) is 12.3. The average Bonchev–Trinajstić information content (AvgIpc) is 3.51. The molecule has 0 fully saturated rings. The van der Waals surface area contributed by atoms with Gasteiger partial charge in [-0.2, -0.15) is 18.7 Å². The summed E-state index contributed by atoms with van der Waals surface area (Å²) in [6, 6.07) is 6.80. The molecule has 4 rings (SSSR count). The van der Waals surface area contributed by atoms with Gasteiger partial charge >= 0.3 is 27.3 Å². The van der Waals surface area contributed by atoms with Gasteiger partial charge in [-0.05, 0) is 52.0 Å². The summed E-state index contributed by atoms with van der Waals surface area (Å²) in [6.07, 6.45) is -2.73. The van der Waals surface area contributed by atoms with Gasteiger partial charge in [0.2, 0.25) is 0 Å². The van der Waals surface area contributed by atoms with Crippen LogP contribution in [0.2, 0.25) is 0 Å². The lowest BCUT2D eigenvalue weighted by Crippen LogP contribution is -2.16. The molecule has 6 N–H and O–H groups in total. The van der Waals surface area contributed by atoms with Crippen molar-refractivity contribution in [2.75, 3.05) is 37.4 Å². The Morgan fingerprint density at radius 1 is 0.795 bits per heavy atom. The van der Waals surface area contributed by atoms with Crippen LogP contribution in [-0.4, -0.2) is 77.1 Å². The smallest absolute Gasteiger partial charge is 0.356 e. The van der Waals surface area contributed by atoms with E-state index >= 15 is 0 Å². The summed E-state index contributed by atoms with van der Waals surface area (Å²) in [5, 5.41) is 7.32. The molecule has 0 bridgehead atoms. The van der Waals surface area contributed by atoms with Crippen molar-refractivity contribution in [1.82, 2.24) is 29.2 Å². The number of rotatable bonds is 14. The minimum atomic E-state index is -4.21. The number of nitrogens with two attached hydrogens (primary N) is 2. The van der Waals surface area contributed by atoms with Crippen molar-refractivity contribution >= 4 is 37.9 Å². The fraction of sp³-hybridized carbons (Fsp3) is 0.500. The van der Waals surface area contributed by atoms with Crippen molar-refractivity contribution in [2.24, 2.45) is 0 Å². The van der Waals surface area contributed by atoms with E-state index in [2.05, 4.69) is 20.2 Å². The highest BCUT2D eigenvalue weighted by Crippen LogP contribution is 2.48. The average molecular weight is 665 g/mol. The van der Waals surface area contributed by atoms with Crippen LogP contribution >= 0.6 is 15.2 Å². The summed E-state index contributed by atoms with van der Waals surface area (Å²) >= 11 is 0. The highest BCUT2D eigenvalue weighted by Gasteiger charge is 2.25. The third kappa shape index (κ3) is 9.97. The number of nitrogens with zero attached hydrogens (tertiary/aromatic N) is 6. The summed E-state index contributed by atoms with van der Waals surface area (Å²) in [7, 11) is -7.47. The molecule has 16 nitrogen and oxygen atoms in total. The fourth-order valence-corrected chi connectivity index (χ4v) is 5.95. The molecule has 0 spiro atoms. The highest BCUT2D eigenvalue weighted by molar-refractivity contribution is 7.53. The first-order valence-corrected chi connectivity index (χ1v) is 16.9. The van der Waals surface area contributed by atoms with Gasteiger partial charge in [0, 0.05) is 24.2 Å². The van der Waals surface area contributed by atoms with Gasteiger partial charge < -0.3 is 39.8 Å². The van der Waals surface area contributed by atoms with E-state index in [1.54, 1.807) is 45.0 Å². The van der Waals surface area contributed by atoms with Gasteiger partial charge in [-0.25, -0.2) is 9.03 Å². The zero-order chi connectivity index (χ0) is 32.7. The molecule has 44 heavy (non-hydrogen) atoms. The third-order valence-corrected chi connectivity index (χ3v) is 8.13. The second-order valence-corrected chi connectivity index (χ2v) is 13.1. The molecule has 0 saturated carbocycles. The topological polar surface area (TPSA) is 224 Å². The fourth-order valence-electron chi connectivity index (χ4n) is 4.05. The van der Waals surface area contributed by atoms with Crippen LogP contribution in [0.15, 0.2) is 24.3 Å². The predicted molar refractivity (Wildman–Crippen MR) is 156 cm³/mol. The van der Waals surface area contributed by atoms with Crippen LogP contribution in [0.3, 0.4) is 0 Å². The number of halogens is 2. The van der Waals surface area contributed by atoms with Crippen LogP contribution in [0.5, 0.6) is 0 Å². The SMILES string of the molecule is CC(Cc1ccc2c(N)nc(F)nn12)OCP(=O)(O)O.CCOP(=O)(COC(C)Cc1ccc2c(N)nc(F)nn12)OCC. The molecule has 0 saturated heterocycles. The Morgan fingerprint density at radius 2 is 1.20 bits per heavy atom. The van der Waals surface area contributed by atoms with E-state index in [0.717, 1.165) is 0 Å². The standard InChI is InChI=1S/C14H22FN4O4P.C10H14FN4O4P/c1-4-22-24(20,23-5-2)9-21-10(3)8-11-6-7-12-13(16)17-14(15)18-19(11)12;1-6(19-5-20(16,17)18)4-7-2-3-8-9(12)13-10(11)14-15(7)8/h6-7,10H,4-5,8-9H2,1-3H3,(H2,16,17,18);2-3,6H,4-5H2,1H3,(H2,12,13,14)(H2,16,17,18). The Bertz CT molecular complexity index is 1640. The van der Waals surface area contributed by atoms with E-state index in [1.165, 1.54) is 9.03 Å². The Labute approximate surface area is 251 Å². The van der Waals surface area contributed by atoms with E-state index in [9.17, 15) is 17.9 Å². The minimum absolute atomic E-state index is 0.0209. The number of hydrogen-bond acceptors (Lipinski definition) is 12. The summed E-state index contributed by atoms with van der Waals surface area (Å²) in [5.41, 5.74) is 13.5. The van der Waals surface area contributed by atoms with Crippen LogP contribution < -0.4 is 11.5 Å². The minimum Gasteiger partial charge on any atom is -0.382 e. The molecule has 2 unspecified atom stereocenters. The van der Waals surface area contributed by atoms with Crippen molar-refractivity contribution in [2.45, 2.75) is 52.7 Å². The molecule has 0 aliphatic rings. The first-order valence-electron chi connectivity index (χ1n) is 13.4. The summed E-state index contributed by atoms with van der Waals surface area (Å²) in [6.45, 7) is 7.47. The number of aromatic nitrogens is 6. The van der Waals surface area contributed by atoms with Crippen molar-refractivity contribution in [3.63, 3.8) is 0 Å². The Balaban J connectivity index is 0.000000244. The third-order valence-electron chi connectivity index (χ3n) is 5.87.